The van der Waals surface area contributed by atoms with Crippen molar-refractivity contribution in [3.63, 3.8) is 0 Å². The average Bonchev–Trinajstić information content (AvgIpc) is 2.39. The monoisotopic (exact) mass is 372 g/mol. The number of carboxylic acid groups (broad SMARTS) is 1. The molecule has 20 heavy (non-hydrogen) atoms. The molecule has 0 spiro atoms. The van der Waals surface area contributed by atoms with Crippen molar-refractivity contribution < 1.29 is 9.90 Å². The summed E-state index contributed by atoms with van der Waals surface area (Å²) >= 11 is 15.5. The largest absolute Gasteiger partial charge is 0.481 e. The zero-order chi connectivity index (χ0) is 14.7. The molecule has 2 nitrogen and oxygen atoms in total. The van der Waals surface area contributed by atoms with Gasteiger partial charge in [-0.15, -0.1) is 0 Å². The number of hydrogen-bond acceptors (Lipinski definition) is 1. The fraction of sp³-hybridized carbons (Fsp3) is 0.133. The van der Waals surface area contributed by atoms with Crippen LogP contribution in [0.15, 0.2) is 46.9 Å². The molecule has 0 saturated carbocycles. The van der Waals surface area contributed by atoms with Gasteiger partial charge in [0.15, 0.2) is 0 Å². The molecule has 0 aliphatic carbocycles. The van der Waals surface area contributed by atoms with Crippen LogP contribution >= 0.6 is 39.1 Å². The SMILES string of the molecule is O=C(O)C(Cc1c(Cl)cccc1Cl)c1ccc(Br)cc1. The lowest BCUT2D eigenvalue weighted by Gasteiger charge is -2.15. The summed E-state index contributed by atoms with van der Waals surface area (Å²) in [7, 11) is 0. The Morgan fingerprint density at radius 2 is 1.65 bits per heavy atom. The fourth-order valence-corrected chi connectivity index (χ4v) is 2.79. The molecule has 104 valence electrons. The normalized spacial score (nSPS) is 12.2. The lowest BCUT2D eigenvalue weighted by molar-refractivity contribution is -0.138. The van der Waals surface area contributed by atoms with Crippen LogP contribution in [0.2, 0.25) is 10.0 Å². The van der Waals surface area contributed by atoms with Crippen LogP contribution < -0.4 is 0 Å². The van der Waals surface area contributed by atoms with Crippen LogP contribution in [-0.2, 0) is 11.2 Å². The van der Waals surface area contributed by atoms with Gasteiger partial charge in [0.25, 0.3) is 0 Å². The van der Waals surface area contributed by atoms with Crippen molar-refractivity contribution in [1.82, 2.24) is 0 Å². The Morgan fingerprint density at radius 1 is 1.10 bits per heavy atom. The summed E-state index contributed by atoms with van der Waals surface area (Å²) in [6.45, 7) is 0. The van der Waals surface area contributed by atoms with Crippen molar-refractivity contribution in [3.8, 4) is 0 Å². The quantitative estimate of drug-likeness (QED) is 0.802. The number of hydrogen-bond donors (Lipinski definition) is 1. The lowest BCUT2D eigenvalue weighted by Crippen LogP contribution is -2.15. The zero-order valence-electron chi connectivity index (χ0n) is 10.3. The first-order valence-electron chi connectivity index (χ1n) is 5.90. The van der Waals surface area contributed by atoms with Crippen molar-refractivity contribution in [3.05, 3.63) is 68.1 Å². The highest BCUT2D eigenvalue weighted by molar-refractivity contribution is 9.10. The van der Waals surface area contributed by atoms with Crippen LogP contribution in [-0.4, -0.2) is 11.1 Å². The van der Waals surface area contributed by atoms with E-state index in [4.69, 9.17) is 23.2 Å². The zero-order valence-corrected chi connectivity index (χ0v) is 13.4. The molecule has 2 rings (SSSR count). The standard InChI is InChI=1S/C15H11BrCl2O2/c16-10-6-4-9(5-7-10)11(15(19)20)8-12-13(17)2-1-3-14(12)18/h1-7,11H,8H2,(H,19,20). The molecule has 5 heteroatoms. The molecule has 1 unspecified atom stereocenters. The van der Waals surface area contributed by atoms with Crippen molar-refractivity contribution in [2.24, 2.45) is 0 Å². The maximum absolute atomic E-state index is 11.5. The third kappa shape index (κ3) is 3.54. The van der Waals surface area contributed by atoms with Crippen LogP contribution in [0.4, 0.5) is 0 Å². The Hall–Kier alpha value is -1.03. The van der Waals surface area contributed by atoms with E-state index in [0.717, 1.165) is 10.0 Å². The summed E-state index contributed by atoms with van der Waals surface area (Å²) in [6, 6.07) is 12.4. The van der Waals surface area contributed by atoms with Crippen LogP contribution in [0.25, 0.3) is 0 Å². The fourth-order valence-electron chi connectivity index (χ4n) is 1.97. The topological polar surface area (TPSA) is 37.3 Å². The van der Waals surface area contributed by atoms with Gasteiger partial charge in [-0.1, -0.05) is 57.3 Å². The molecule has 0 saturated heterocycles. The van der Waals surface area contributed by atoms with E-state index >= 15 is 0 Å². The van der Waals surface area contributed by atoms with Gasteiger partial charge in [-0.3, -0.25) is 4.79 Å². The second-order valence-electron chi connectivity index (χ2n) is 4.35. The minimum absolute atomic E-state index is 0.259. The Labute approximate surface area is 135 Å². The number of carboxylic acids is 1. The molecule has 0 amide bonds. The number of aliphatic carboxylic acids is 1. The maximum Gasteiger partial charge on any atom is 0.311 e. The minimum atomic E-state index is -0.900. The predicted molar refractivity (Wildman–Crippen MR) is 84.7 cm³/mol. The highest BCUT2D eigenvalue weighted by atomic mass is 79.9. The summed E-state index contributed by atoms with van der Waals surface area (Å²) in [5, 5.41) is 10.4. The van der Waals surface area contributed by atoms with E-state index in [1.54, 1.807) is 30.3 Å². The smallest absolute Gasteiger partial charge is 0.311 e. The molecule has 0 aliphatic heterocycles. The average molecular weight is 374 g/mol. The summed E-state index contributed by atoms with van der Waals surface area (Å²) in [5.41, 5.74) is 1.38. The molecule has 2 aromatic carbocycles. The van der Waals surface area contributed by atoms with Gasteiger partial charge in [-0.25, -0.2) is 0 Å². The molecular formula is C15H11BrCl2O2. The van der Waals surface area contributed by atoms with Gasteiger partial charge in [0.1, 0.15) is 0 Å². The summed E-state index contributed by atoms with van der Waals surface area (Å²) < 4.78 is 0.904. The van der Waals surface area contributed by atoms with Crippen molar-refractivity contribution >= 4 is 45.1 Å². The van der Waals surface area contributed by atoms with E-state index in [9.17, 15) is 9.90 Å². The number of halogens is 3. The molecule has 0 fully saturated rings. The van der Waals surface area contributed by atoms with E-state index in [1.165, 1.54) is 0 Å². The van der Waals surface area contributed by atoms with E-state index < -0.39 is 11.9 Å². The molecule has 0 aromatic heterocycles. The van der Waals surface area contributed by atoms with Gasteiger partial charge in [0, 0.05) is 14.5 Å². The van der Waals surface area contributed by atoms with Gasteiger partial charge in [-0.2, -0.15) is 0 Å². The number of carbonyl (C=O) groups is 1. The first-order chi connectivity index (χ1) is 9.49. The second-order valence-corrected chi connectivity index (χ2v) is 6.08. The maximum atomic E-state index is 11.5. The Balaban J connectivity index is 2.35. The molecule has 1 N–H and O–H groups in total. The molecule has 1 atom stereocenters. The Bertz CT molecular complexity index is 606. The number of rotatable bonds is 4. The van der Waals surface area contributed by atoms with Gasteiger partial charge < -0.3 is 5.11 Å². The van der Waals surface area contributed by atoms with Crippen molar-refractivity contribution in [2.75, 3.05) is 0 Å². The first-order valence-corrected chi connectivity index (χ1v) is 7.45. The molecule has 0 bridgehead atoms. The molecule has 0 aliphatic rings. The van der Waals surface area contributed by atoms with Crippen LogP contribution in [0.3, 0.4) is 0 Å². The third-order valence-electron chi connectivity index (χ3n) is 3.04. The first kappa shape index (κ1) is 15.4. The van der Waals surface area contributed by atoms with E-state index in [1.807, 2.05) is 12.1 Å². The molecular weight excluding hydrogens is 363 g/mol. The lowest BCUT2D eigenvalue weighted by atomic mass is 9.92. The molecule has 2 aromatic rings. The third-order valence-corrected chi connectivity index (χ3v) is 4.28. The van der Waals surface area contributed by atoms with Gasteiger partial charge in [-0.05, 0) is 41.8 Å². The van der Waals surface area contributed by atoms with E-state index in [-0.39, 0.29) is 6.42 Å². The van der Waals surface area contributed by atoms with Crippen LogP contribution in [0.1, 0.15) is 17.0 Å². The van der Waals surface area contributed by atoms with E-state index in [0.29, 0.717) is 15.6 Å². The number of benzene rings is 2. The van der Waals surface area contributed by atoms with Gasteiger partial charge >= 0.3 is 5.97 Å². The van der Waals surface area contributed by atoms with Gasteiger partial charge in [0.05, 0.1) is 5.92 Å². The summed E-state index contributed by atoms with van der Waals surface area (Å²) in [4.78, 5) is 11.5. The van der Waals surface area contributed by atoms with Crippen molar-refractivity contribution in [1.29, 1.82) is 0 Å². The van der Waals surface area contributed by atoms with Crippen LogP contribution in [0.5, 0.6) is 0 Å². The Kier molecular flexibility index (Phi) is 5.08. The summed E-state index contributed by atoms with van der Waals surface area (Å²) in [6.07, 6.45) is 0.259. The van der Waals surface area contributed by atoms with E-state index in [2.05, 4.69) is 15.9 Å². The van der Waals surface area contributed by atoms with Gasteiger partial charge in [0.2, 0.25) is 0 Å². The van der Waals surface area contributed by atoms with Crippen molar-refractivity contribution in [2.45, 2.75) is 12.3 Å². The minimum Gasteiger partial charge on any atom is -0.481 e. The Morgan fingerprint density at radius 3 is 2.15 bits per heavy atom. The summed E-state index contributed by atoms with van der Waals surface area (Å²) in [5.74, 6) is -1.58. The van der Waals surface area contributed by atoms with Crippen LogP contribution in [0, 0.1) is 0 Å². The molecule has 0 radical (unpaired) electrons. The molecule has 0 heterocycles. The predicted octanol–water partition coefficient (Wildman–Crippen LogP) is 5.17. The second kappa shape index (κ2) is 6.61. The highest BCUT2D eigenvalue weighted by Gasteiger charge is 2.22. The highest BCUT2D eigenvalue weighted by Crippen LogP contribution is 2.31.